The van der Waals surface area contributed by atoms with Gasteiger partial charge in [-0.3, -0.25) is 4.21 Å². The van der Waals surface area contributed by atoms with Crippen molar-refractivity contribution in [1.82, 2.24) is 4.90 Å². The number of aryl methyl sites for hydroxylation is 1. The lowest BCUT2D eigenvalue weighted by Gasteiger charge is -2.17. The van der Waals surface area contributed by atoms with Crippen LogP contribution in [0.3, 0.4) is 0 Å². The number of benzene rings is 2. The summed E-state index contributed by atoms with van der Waals surface area (Å²) in [4.78, 5) is 2.20. The van der Waals surface area contributed by atoms with E-state index >= 15 is 0 Å². The summed E-state index contributed by atoms with van der Waals surface area (Å²) < 4.78 is 76.1. The van der Waals surface area contributed by atoms with Crippen LogP contribution in [0.1, 0.15) is 80.9 Å². The number of aromatic hydroxyl groups is 1. The smallest absolute Gasteiger partial charge is 0.390 e. The standard InChI is InChI=1S/C31H40F5NO2S/c1-37(18-6-7-19-40(39)20-16-31(34,35)36)17-5-3-2-4-10-28-26(24-12-15-29(32)30(33)22-24)11-8-9-23-21-25(38)13-14-27(23)28/h12-15,21-22,38H,2-11,16-20H2,1H3. The van der Waals surface area contributed by atoms with Crippen molar-refractivity contribution < 1.29 is 31.3 Å². The molecule has 1 aliphatic carbocycles. The minimum Gasteiger partial charge on any atom is -0.508 e. The van der Waals surface area contributed by atoms with E-state index in [1.807, 2.05) is 13.1 Å². The van der Waals surface area contributed by atoms with Crippen LogP contribution in [0.4, 0.5) is 22.0 Å². The topological polar surface area (TPSA) is 40.5 Å². The molecule has 40 heavy (non-hydrogen) atoms. The first kappa shape index (κ1) is 32.3. The highest BCUT2D eigenvalue weighted by Gasteiger charge is 2.27. The highest BCUT2D eigenvalue weighted by molar-refractivity contribution is 7.84. The first-order valence-electron chi connectivity index (χ1n) is 14.1. The van der Waals surface area contributed by atoms with Gasteiger partial charge in [0.2, 0.25) is 0 Å². The minimum atomic E-state index is -4.25. The van der Waals surface area contributed by atoms with Crippen molar-refractivity contribution in [1.29, 1.82) is 0 Å². The van der Waals surface area contributed by atoms with Gasteiger partial charge in [0.15, 0.2) is 11.6 Å². The Bertz CT molecular complexity index is 1160. The van der Waals surface area contributed by atoms with E-state index in [2.05, 4.69) is 4.90 Å². The summed E-state index contributed by atoms with van der Waals surface area (Å²) in [5, 5.41) is 10.0. The number of nitrogens with zero attached hydrogens (tertiary/aromatic N) is 1. The summed E-state index contributed by atoms with van der Waals surface area (Å²) in [6, 6.07) is 9.54. The molecule has 0 saturated carbocycles. The van der Waals surface area contributed by atoms with E-state index in [-0.39, 0.29) is 11.5 Å². The Kier molecular flexibility index (Phi) is 12.6. The molecule has 1 aliphatic rings. The molecule has 0 aromatic heterocycles. The van der Waals surface area contributed by atoms with Crippen molar-refractivity contribution in [3.05, 3.63) is 64.7 Å². The quantitative estimate of drug-likeness (QED) is 0.169. The van der Waals surface area contributed by atoms with Gasteiger partial charge < -0.3 is 10.0 Å². The number of rotatable bonds is 15. The maximum absolute atomic E-state index is 14.1. The molecule has 0 spiro atoms. The molecule has 1 unspecified atom stereocenters. The SMILES string of the molecule is CN(CCCCCCC1=C(c2ccc(F)c(F)c2)CCCc2cc(O)ccc21)CCCCS(=O)CCC(F)(F)F. The van der Waals surface area contributed by atoms with Crippen molar-refractivity contribution in [2.24, 2.45) is 0 Å². The molecule has 0 heterocycles. The zero-order valence-corrected chi connectivity index (χ0v) is 24.0. The molecular weight excluding hydrogens is 545 g/mol. The molecule has 0 radical (unpaired) electrons. The lowest BCUT2D eigenvalue weighted by Crippen LogP contribution is -2.21. The molecule has 3 rings (SSSR count). The summed E-state index contributed by atoms with van der Waals surface area (Å²) >= 11 is 0. The number of phenols is 1. The van der Waals surface area contributed by atoms with Crippen LogP contribution in [0.2, 0.25) is 0 Å². The van der Waals surface area contributed by atoms with Crippen molar-refractivity contribution in [3.8, 4) is 5.75 Å². The highest BCUT2D eigenvalue weighted by atomic mass is 32.2. The fourth-order valence-corrected chi connectivity index (χ4v) is 6.45. The fraction of sp³-hybridized carbons (Fsp3) is 0.548. The van der Waals surface area contributed by atoms with Crippen LogP contribution in [0, 0.1) is 11.6 Å². The number of hydrogen-bond donors (Lipinski definition) is 1. The predicted molar refractivity (Wildman–Crippen MR) is 153 cm³/mol. The molecule has 2 aromatic carbocycles. The van der Waals surface area contributed by atoms with E-state index in [1.54, 1.807) is 18.2 Å². The Hall–Kier alpha value is -2.26. The predicted octanol–water partition coefficient (Wildman–Crippen LogP) is 8.28. The number of unbranched alkanes of at least 4 members (excludes halogenated alkanes) is 4. The Labute approximate surface area is 236 Å². The molecule has 222 valence electrons. The number of fused-ring (bicyclic) bond motifs is 1. The Morgan fingerprint density at radius 1 is 0.875 bits per heavy atom. The normalized spacial score (nSPS) is 14.9. The van der Waals surface area contributed by atoms with Gasteiger partial charge in [0.05, 0.1) is 6.42 Å². The summed E-state index contributed by atoms with van der Waals surface area (Å²) in [6.07, 6.45) is 3.53. The minimum absolute atomic E-state index is 0.230. The van der Waals surface area contributed by atoms with Crippen LogP contribution in [0.5, 0.6) is 5.75 Å². The highest BCUT2D eigenvalue weighted by Crippen LogP contribution is 2.40. The van der Waals surface area contributed by atoms with Crippen LogP contribution >= 0.6 is 0 Å². The summed E-state index contributed by atoms with van der Waals surface area (Å²) in [5.41, 5.74) is 5.05. The molecule has 1 atom stereocenters. The van der Waals surface area contributed by atoms with E-state index < -0.39 is 35.0 Å². The number of hydrogen-bond acceptors (Lipinski definition) is 3. The van der Waals surface area contributed by atoms with Gasteiger partial charge in [-0.1, -0.05) is 25.0 Å². The number of alkyl halides is 3. The maximum atomic E-state index is 14.1. The lowest BCUT2D eigenvalue weighted by molar-refractivity contribution is -0.129. The van der Waals surface area contributed by atoms with Crippen LogP contribution in [0.15, 0.2) is 36.4 Å². The summed E-state index contributed by atoms with van der Waals surface area (Å²) in [5.74, 6) is -1.47. The van der Waals surface area contributed by atoms with Gasteiger partial charge in [-0.15, -0.1) is 0 Å². The van der Waals surface area contributed by atoms with E-state index in [1.165, 1.54) is 12.1 Å². The Morgan fingerprint density at radius 3 is 2.33 bits per heavy atom. The van der Waals surface area contributed by atoms with Crippen LogP contribution in [-0.4, -0.2) is 52.0 Å². The van der Waals surface area contributed by atoms with Crippen molar-refractivity contribution in [2.45, 2.75) is 76.8 Å². The second-order valence-electron chi connectivity index (χ2n) is 10.7. The molecule has 2 aromatic rings. The molecule has 3 nitrogen and oxygen atoms in total. The zero-order chi connectivity index (χ0) is 29.1. The molecule has 0 fully saturated rings. The van der Waals surface area contributed by atoms with Gasteiger partial charge in [-0.05, 0) is 124 Å². The second kappa shape index (κ2) is 15.7. The van der Waals surface area contributed by atoms with Gasteiger partial charge in [0, 0.05) is 22.3 Å². The zero-order valence-electron chi connectivity index (χ0n) is 23.2. The third-order valence-corrected chi connectivity index (χ3v) is 8.81. The van der Waals surface area contributed by atoms with E-state index in [4.69, 9.17) is 0 Å². The number of phenolic OH excluding ortho intramolecular Hbond substituents is 1. The van der Waals surface area contributed by atoms with Gasteiger partial charge in [0.1, 0.15) is 5.75 Å². The largest absolute Gasteiger partial charge is 0.508 e. The average Bonchev–Trinajstić information content (AvgIpc) is 3.07. The van der Waals surface area contributed by atoms with Crippen LogP contribution in [-0.2, 0) is 17.2 Å². The molecule has 0 aliphatic heterocycles. The van der Waals surface area contributed by atoms with Crippen molar-refractivity contribution >= 4 is 21.9 Å². The van der Waals surface area contributed by atoms with Crippen molar-refractivity contribution in [2.75, 3.05) is 31.6 Å². The molecular formula is C31H40F5NO2S. The third kappa shape index (κ3) is 10.6. The van der Waals surface area contributed by atoms with Gasteiger partial charge in [0.25, 0.3) is 0 Å². The van der Waals surface area contributed by atoms with Crippen molar-refractivity contribution in [3.63, 3.8) is 0 Å². The van der Waals surface area contributed by atoms with E-state index in [9.17, 15) is 31.3 Å². The summed E-state index contributed by atoms with van der Waals surface area (Å²) in [7, 11) is 0.609. The molecule has 0 bridgehead atoms. The maximum Gasteiger partial charge on any atom is 0.390 e. The van der Waals surface area contributed by atoms with Gasteiger partial charge in [-0.25, -0.2) is 8.78 Å². The van der Waals surface area contributed by atoms with Gasteiger partial charge >= 0.3 is 6.18 Å². The first-order valence-corrected chi connectivity index (χ1v) is 15.6. The fourth-order valence-electron chi connectivity index (χ4n) is 5.26. The van der Waals surface area contributed by atoms with E-state index in [0.717, 1.165) is 93.2 Å². The van der Waals surface area contributed by atoms with Crippen LogP contribution < -0.4 is 0 Å². The third-order valence-electron chi connectivity index (χ3n) is 7.41. The Balaban J connectivity index is 1.46. The molecule has 9 heteroatoms. The number of allylic oxidation sites excluding steroid dienone is 2. The molecule has 0 saturated heterocycles. The van der Waals surface area contributed by atoms with Crippen LogP contribution in [0.25, 0.3) is 11.1 Å². The molecule has 1 N–H and O–H groups in total. The summed E-state index contributed by atoms with van der Waals surface area (Å²) in [6.45, 7) is 1.74. The first-order chi connectivity index (χ1) is 19.0. The van der Waals surface area contributed by atoms with E-state index in [0.29, 0.717) is 17.7 Å². The monoisotopic (exact) mass is 585 g/mol. The second-order valence-corrected chi connectivity index (χ2v) is 12.4. The lowest BCUT2D eigenvalue weighted by atomic mass is 9.89. The number of halogens is 5. The molecule has 0 amide bonds. The Morgan fingerprint density at radius 2 is 1.60 bits per heavy atom. The average molecular weight is 586 g/mol. The van der Waals surface area contributed by atoms with Gasteiger partial charge in [-0.2, -0.15) is 13.2 Å².